The van der Waals surface area contributed by atoms with Gasteiger partial charge >= 0.3 is 0 Å². The third-order valence-electron chi connectivity index (χ3n) is 2.59. The Kier molecular flexibility index (Phi) is 5.25. The number of nitrogens with one attached hydrogen (secondary N) is 1. The molecule has 1 N–H and O–H groups in total. The fourth-order valence-electron chi connectivity index (χ4n) is 1.67. The second-order valence-corrected chi connectivity index (χ2v) is 6.50. The summed E-state index contributed by atoms with van der Waals surface area (Å²) < 4.78 is 0.945. The van der Waals surface area contributed by atoms with Gasteiger partial charge in [0, 0.05) is 20.8 Å². The molecule has 1 nitrogen and oxygen atoms in total. The van der Waals surface area contributed by atoms with Crippen LogP contribution < -0.4 is 5.32 Å². The molecule has 0 saturated heterocycles. The van der Waals surface area contributed by atoms with Crippen LogP contribution in [0.5, 0.6) is 0 Å². The van der Waals surface area contributed by atoms with Crippen LogP contribution in [0.25, 0.3) is 10.4 Å². The van der Waals surface area contributed by atoms with E-state index in [9.17, 15) is 0 Å². The molecule has 0 fully saturated rings. The summed E-state index contributed by atoms with van der Waals surface area (Å²) in [7, 11) is 0. The smallest absolute Gasteiger partial charge is 0.0548 e. The minimum atomic E-state index is 0.750. The third kappa shape index (κ3) is 3.58. The number of thiophene rings is 1. The van der Waals surface area contributed by atoms with Crippen molar-refractivity contribution in [3.63, 3.8) is 0 Å². The quantitative estimate of drug-likeness (QED) is 0.723. The van der Waals surface area contributed by atoms with Crippen LogP contribution in [0.4, 0.5) is 0 Å². The van der Waals surface area contributed by atoms with Crippen LogP contribution in [-0.2, 0) is 6.54 Å². The lowest BCUT2D eigenvalue weighted by atomic mass is 10.2. The lowest BCUT2D eigenvalue weighted by Crippen LogP contribution is -2.12. The zero-order valence-electron chi connectivity index (χ0n) is 10.2. The predicted octanol–water partition coefficient (Wildman–Crippen LogP) is 5.33. The summed E-state index contributed by atoms with van der Waals surface area (Å²) in [6.07, 6.45) is 1.17. The standard InChI is InChI=1S/C14H15BrClNS/c1-2-7-17-9-11-4-6-14(18-11)10-3-5-13(16)12(15)8-10/h3-6,8,17H,2,7,9H2,1H3. The highest BCUT2D eigenvalue weighted by Gasteiger charge is 2.05. The van der Waals surface area contributed by atoms with Gasteiger partial charge in [-0.1, -0.05) is 24.6 Å². The van der Waals surface area contributed by atoms with E-state index in [2.05, 4.69) is 52.4 Å². The molecular formula is C14H15BrClNS. The molecule has 0 radical (unpaired) electrons. The summed E-state index contributed by atoms with van der Waals surface area (Å²) in [5, 5.41) is 4.17. The SMILES string of the molecule is CCCNCc1ccc(-c2ccc(Cl)c(Br)c2)s1. The van der Waals surface area contributed by atoms with E-state index in [1.165, 1.54) is 21.7 Å². The van der Waals surface area contributed by atoms with E-state index in [0.29, 0.717) is 0 Å². The van der Waals surface area contributed by atoms with Crippen molar-refractivity contribution in [3.8, 4) is 10.4 Å². The van der Waals surface area contributed by atoms with Crippen molar-refractivity contribution in [2.24, 2.45) is 0 Å². The van der Waals surface area contributed by atoms with Gasteiger partial charge in [-0.25, -0.2) is 0 Å². The lowest BCUT2D eigenvalue weighted by Gasteiger charge is -2.01. The molecular weight excluding hydrogens is 330 g/mol. The fraction of sp³-hybridized carbons (Fsp3) is 0.286. The van der Waals surface area contributed by atoms with Crippen molar-refractivity contribution in [2.45, 2.75) is 19.9 Å². The van der Waals surface area contributed by atoms with Gasteiger partial charge in [0.2, 0.25) is 0 Å². The molecule has 2 aromatic rings. The minimum Gasteiger partial charge on any atom is -0.312 e. The monoisotopic (exact) mass is 343 g/mol. The van der Waals surface area contributed by atoms with E-state index in [1.807, 2.05) is 17.4 Å². The van der Waals surface area contributed by atoms with Crippen LogP contribution in [0.1, 0.15) is 18.2 Å². The predicted molar refractivity (Wildman–Crippen MR) is 84.5 cm³/mol. The Morgan fingerprint density at radius 2 is 2.11 bits per heavy atom. The second kappa shape index (κ2) is 6.71. The van der Waals surface area contributed by atoms with Gasteiger partial charge in [0.05, 0.1) is 5.02 Å². The molecule has 96 valence electrons. The van der Waals surface area contributed by atoms with Crippen LogP contribution in [0, 0.1) is 0 Å². The van der Waals surface area contributed by atoms with Crippen LogP contribution >= 0.6 is 38.9 Å². The van der Waals surface area contributed by atoms with E-state index in [-0.39, 0.29) is 0 Å². The molecule has 4 heteroatoms. The van der Waals surface area contributed by atoms with Crippen molar-refractivity contribution < 1.29 is 0 Å². The number of benzene rings is 1. The summed E-state index contributed by atoms with van der Waals surface area (Å²) in [6, 6.07) is 10.4. The number of rotatable bonds is 5. The summed E-state index contributed by atoms with van der Waals surface area (Å²) in [5.74, 6) is 0. The number of halogens is 2. The largest absolute Gasteiger partial charge is 0.312 e. The van der Waals surface area contributed by atoms with Crippen LogP contribution in [0.2, 0.25) is 5.02 Å². The topological polar surface area (TPSA) is 12.0 Å². The highest BCUT2D eigenvalue weighted by molar-refractivity contribution is 9.10. The Balaban J connectivity index is 2.11. The Bertz CT molecular complexity index is 524. The maximum atomic E-state index is 6.00. The molecule has 0 saturated carbocycles. The highest BCUT2D eigenvalue weighted by Crippen LogP contribution is 2.32. The van der Waals surface area contributed by atoms with Crippen molar-refractivity contribution >= 4 is 38.9 Å². The highest BCUT2D eigenvalue weighted by atomic mass is 79.9. The first-order valence-corrected chi connectivity index (χ1v) is 7.94. The molecule has 0 atom stereocenters. The molecule has 0 amide bonds. The summed E-state index contributed by atoms with van der Waals surface area (Å²) in [5.41, 5.74) is 1.21. The van der Waals surface area contributed by atoms with Crippen LogP contribution in [-0.4, -0.2) is 6.54 Å². The zero-order valence-corrected chi connectivity index (χ0v) is 13.3. The van der Waals surface area contributed by atoms with Crippen molar-refractivity contribution in [1.29, 1.82) is 0 Å². The van der Waals surface area contributed by atoms with Gasteiger partial charge in [-0.15, -0.1) is 11.3 Å². The van der Waals surface area contributed by atoms with Gasteiger partial charge in [0.1, 0.15) is 0 Å². The molecule has 2 rings (SSSR count). The molecule has 0 spiro atoms. The Hall–Kier alpha value is -0.350. The zero-order chi connectivity index (χ0) is 13.0. The molecule has 0 bridgehead atoms. The maximum absolute atomic E-state index is 6.00. The summed E-state index contributed by atoms with van der Waals surface area (Å²) in [4.78, 5) is 2.64. The average molecular weight is 345 g/mol. The van der Waals surface area contributed by atoms with Crippen molar-refractivity contribution in [1.82, 2.24) is 5.32 Å². The van der Waals surface area contributed by atoms with Crippen LogP contribution in [0.3, 0.4) is 0 Å². The first kappa shape index (κ1) is 14.1. The van der Waals surface area contributed by atoms with Gasteiger partial charge in [0.25, 0.3) is 0 Å². The Morgan fingerprint density at radius 3 is 2.83 bits per heavy atom. The van der Waals surface area contributed by atoms with Crippen LogP contribution in [0.15, 0.2) is 34.8 Å². The number of hydrogen-bond donors (Lipinski definition) is 1. The summed E-state index contributed by atoms with van der Waals surface area (Å²) in [6.45, 7) is 4.20. The van der Waals surface area contributed by atoms with Gasteiger partial charge in [-0.2, -0.15) is 0 Å². The third-order valence-corrected chi connectivity index (χ3v) is 4.94. The van der Waals surface area contributed by atoms with E-state index in [0.717, 1.165) is 22.6 Å². The van der Waals surface area contributed by atoms with Gasteiger partial charge in [-0.05, 0) is 58.7 Å². The van der Waals surface area contributed by atoms with Crippen molar-refractivity contribution in [3.05, 3.63) is 44.7 Å². The Morgan fingerprint density at radius 1 is 1.28 bits per heavy atom. The molecule has 1 aromatic carbocycles. The van der Waals surface area contributed by atoms with Gasteiger partial charge in [0.15, 0.2) is 0 Å². The van der Waals surface area contributed by atoms with E-state index < -0.39 is 0 Å². The lowest BCUT2D eigenvalue weighted by molar-refractivity contribution is 0.681. The van der Waals surface area contributed by atoms with Crippen molar-refractivity contribution in [2.75, 3.05) is 6.54 Å². The molecule has 18 heavy (non-hydrogen) atoms. The Labute approximate surface area is 125 Å². The normalized spacial score (nSPS) is 10.8. The summed E-state index contributed by atoms with van der Waals surface area (Å²) >= 11 is 11.3. The van der Waals surface area contributed by atoms with E-state index in [4.69, 9.17) is 11.6 Å². The molecule has 0 aliphatic carbocycles. The van der Waals surface area contributed by atoms with Gasteiger partial charge < -0.3 is 5.32 Å². The first-order chi connectivity index (χ1) is 8.70. The molecule has 0 aliphatic rings. The fourth-order valence-corrected chi connectivity index (χ4v) is 3.14. The van der Waals surface area contributed by atoms with E-state index in [1.54, 1.807) is 0 Å². The van der Waals surface area contributed by atoms with E-state index >= 15 is 0 Å². The first-order valence-electron chi connectivity index (χ1n) is 5.95. The molecule has 1 aromatic heterocycles. The molecule has 0 aliphatic heterocycles. The average Bonchev–Trinajstić information content (AvgIpc) is 2.82. The molecule has 0 unspecified atom stereocenters. The van der Waals surface area contributed by atoms with Gasteiger partial charge in [-0.3, -0.25) is 0 Å². The number of hydrogen-bond acceptors (Lipinski definition) is 2. The minimum absolute atomic E-state index is 0.750. The maximum Gasteiger partial charge on any atom is 0.0548 e. The second-order valence-electron chi connectivity index (χ2n) is 4.07. The molecule has 1 heterocycles.